The van der Waals surface area contributed by atoms with Crippen LogP contribution < -0.4 is 10.6 Å². The van der Waals surface area contributed by atoms with Gasteiger partial charge in [-0.2, -0.15) is 0 Å². The molecule has 2 amide bonds. The van der Waals surface area contributed by atoms with E-state index < -0.39 is 0 Å². The first-order valence-electron chi connectivity index (χ1n) is 6.90. The Kier molecular flexibility index (Phi) is 5.55. The third-order valence-electron chi connectivity index (χ3n) is 3.04. The van der Waals surface area contributed by atoms with Crippen molar-refractivity contribution < 1.29 is 9.59 Å². The summed E-state index contributed by atoms with van der Waals surface area (Å²) in [5, 5.41) is 5.81. The summed E-state index contributed by atoms with van der Waals surface area (Å²) < 4.78 is 0. The fourth-order valence-corrected chi connectivity index (χ4v) is 2.09. The minimum Gasteiger partial charge on any atom is -0.347 e. The van der Waals surface area contributed by atoms with Crippen LogP contribution in [0.25, 0.3) is 0 Å². The highest BCUT2D eigenvalue weighted by Gasteiger charge is 2.07. The Balaban J connectivity index is 1.78. The lowest BCUT2D eigenvalue weighted by Gasteiger charge is -2.07. The Morgan fingerprint density at radius 2 is 1.77 bits per heavy atom. The van der Waals surface area contributed by atoms with Gasteiger partial charge in [0.2, 0.25) is 11.8 Å². The summed E-state index contributed by atoms with van der Waals surface area (Å²) in [7, 11) is 0. The zero-order chi connectivity index (χ0) is 15.9. The van der Waals surface area contributed by atoms with Crippen LogP contribution in [0.1, 0.15) is 11.1 Å². The van der Waals surface area contributed by atoms with Crippen LogP contribution in [0.15, 0.2) is 48.5 Å². The second-order valence-electron chi connectivity index (χ2n) is 5.00. The van der Waals surface area contributed by atoms with Gasteiger partial charge in [-0.1, -0.05) is 47.5 Å². The van der Waals surface area contributed by atoms with Gasteiger partial charge in [0.05, 0.1) is 13.0 Å². The van der Waals surface area contributed by atoms with Crippen LogP contribution in [0, 0.1) is 6.92 Å². The molecule has 0 bridgehead atoms. The van der Waals surface area contributed by atoms with Gasteiger partial charge in [0.25, 0.3) is 0 Å². The summed E-state index contributed by atoms with van der Waals surface area (Å²) in [6.45, 7) is 1.92. The Labute approximate surface area is 134 Å². The first-order chi connectivity index (χ1) is 10.5. The minimum atomic E-state index is -0.292. The molecule has 0 heterocycles. The normalized spacial score (nSPS) is 10.1. The van der Waals surface area contributed by atoms with Crippen LogP contribution in [-0.4, -0.2) is 18.4 Å². The number of carbonyl (C=O) groups excluding carboxylic acids is 2. The quantitative estimate of drug-likeness (QED) is 0.891. The number of anilines is 1. The SMILES string of the molecule is Cc1ccc(CC(=O)NCC(=O)Nc2cccc(Cl)c2)cc1. The van der Waals surface area contributed by atoms with Crippen LogP contribution in [0.5, 0.6) is 0 Å². The van der Waals surface area contributed by atoms with Crippen molar-refractivity contribution in [2.45, 2.75) is 13.3 Å². The maximum absolute atomic E-state index is 11.8. The molecule has 2 rings (SSSR count). The lowest BCUT2D eigenvalue weighted by atomic mass is 10.1. The second kappa shape index (κ2) is 7.61. The monoisotopic (exact) mass is 316 g/mol. The standard InChI is InChI=1S/C17H17ClN2O2/c1-12-5-7-13(8-6-12)9-16(21)19-11-17(22)20-15-4-2-3-14(18)10-15/h2-8,10H,9,11H2,1H3,(H,19,21)(H,20,22). The number of hydrogen-bond acceptors (Lipinski definition) is 2. The number of benzene rings is 2. The van der Waals surface area contributed by atoms with Crippen molar-refractivity contribution in [1.29, 1.82) is 0 Å². The Morgan fingerprint density at radius 1 is 1.05 bits per heavy atom. The molecule has 0 aromatic heterocycles. The molecule has 0 aliphatic rings. The molecular formula is C17H17ClN2O2. The number of carbonyl (C=O) groups is 2. The van der Waals surface area contributed by atoms with Crippen molar-refractivity contribution in [2.24, 2.45) is 0 Å². The summed E-state index contributed by atoms with van der Waals surface area (Å²) in [5.74, 6) is -0.482. The van der Waals surface area contributed by atoms with E-state index in [-0.39, 0.29) is 24.8 Å². The predicted octanol–water partition coefficient (Wildman–Crippen LogP) is 2.95. The highest BCUT2D eigenvalue weighted by Crippen LogP contribution is 2.14. The number of rotatable bonds is 5. The van der Waals surface area contributed by atoms with Gasteiger partial charge in [0.15, 0.2) is 0 Å². The van der Waals surface area contributed by atoms with Gasteiger partial charge in [-0.25, -0.2) is 0 Å². The van der Waals surface area contributed by atoms with E-state index in [0.29, 0.717) is 10.7 Å². The van der Waals surface area contributed by atoms with Crippen molar-refractivity contribution in [3.8, 4) is 0 Å². The smallest absolute Gasteiger partial charge is 0.243 e. The summed E-state index contributed by atoms with van der Waals surface area (Å²) in [4.78, 5) is 23.6. The molecule has 0 spiro atoms. The maximum atomic E-state index is 11.8. The summed E-state index contributed by atoms with van der Waals surface area (Å²) in [6.07, 6.45) is 0.255. The lowest BCUT2D eigenvalue weighted by molar-refractivity contribution is -0.123. The molecule has 4 nitrogen and oxygen atoms in total. The minimum absolute atomic E-state index is 0.0722. The fraction of sp³-hybridized carbons (Fsp3) is 0.176. The maximum Gasteiger partial charge on any atom is 0.243 e. The molecule has 0 atom stereocenters. The van der Waals surface area contributed by atoms with E-state index in [1.165, 1.54) is 0 Å². The molecule has 0 aliphatic carbocycles. The van der Waals surface area contributed by atoms with E-state index in [1.807, 2.05) is 31.2 Å². The molecule has 2 aromatic rings. The first kappa shape index (κ1) is 16.0. The molecule has 114 valence electrons. The zero-order valence-corrected chi connectivity index (χ0v) is 13.0. The fourth-order valence-electron chi connectivity index (χ4n) is 1.90. The summed E-state index contributed by atoms with van der Waals surface area (Å²) in [5.41, 5.74) is 2.66. The third-order valence-corrected chi connectivity index (χ3v) is 3.27. The van der Waals surface area contributed by atoms with Crippen molar-refractivity contribution in [3.63, 3.8) is 0 Å². The summed E-state index contributed by atoms with van der Waals surface area (Å²) >= 11 is 5.84. The van der Waals surface area contributed by atoms with E-state index in [1.54, 1.807) is 24.3 Å². The van der Waals surface area contributed by atoms with Crippen molar-refractivity contribution >= 4 is 29.1 Å². The van der Waals surface area contributed by atoms with Crippen LogP contribution in [0.4, 0.5) is 5.69 Å². The number of amides is 2. The Morgan fingerprint density at radius 3 is 2.45 bits per heavy atom. The van der Waals surface area contributed by atoms with Crippen molar-refractivity contribution in [2.75, 3.05) is 11.9 Å². The number of halogens is 1. The van der Waals surface area contributed by atoms with E-state index in [2.05, 4.69) is 10.6 Å². The van der Waals surface area contributed by atoms with E-state index in [4.69, 9.17) is 11.6 Å². The van der Waals surface area contributed by atoms with Gasteiger partial charge in [0.1, 0.15) is 0 Å². The molecule has 0 radical (unpaired) electrons. The highest BCUT2D eigenvalue weighted by molar-refractivity contribution is 6.30. The predicted molar refractivity (Wildman–Crippen MR) is 88.0 cm³/mol. The largest absolute Gasteiger partial charge is 0.347 e. The molecular weight excluding hydrogens is 300 g/mol. The first-order valence-corrected chi connectivity index (χ1v) is 7.28. The average Bonchev–Trinajstić information content (AvgIpc) is 2.48. The zero-order valence-electron chi connectivity index (χ0n) is 12.2. The van der Waals surface area contributed by atoms with Gasteiger partial charge < -0.3 is 10.6 Å². The van der Waals surface area contributed by atoms with Crippen molar-refractivity contribution in [3.05, 3.63) is 64.7 Å². The van der Waals surface area contributed by atoms with Gasteiger partial charge in [0, 0.05) is 10.7 Å². The van der Waals surface area contributed by atoms with Crippen LogP contribution in [0.3, 0.4) is 0 Å². The van der Waals surface area contributed by atoms with Gasteiger partial charge >= 0.3 is 0 Å². The topological polar surface area (TPSA) is 58.2 Å². The van der Waals surface area contributed by atoms with E-state index >= 15 is 0 Å². The van der Waals surface area contributed by atoms with E-state index in [9.17, 15) is 9.59 Å². The van der Waals surface area contributed by atoms with Crippen LogP contribution >= 0.6 is 11.6 Å². The van der Waals surface area contributed by atoms with Gasteiger partial charge in [-0.3, -0.25) is 9.59 Å². The van der Waals surface area contributed by atoms with Gasteiger partial charge in [-0.15, -0.1) is 0 Å². The van der Waals surface area contributed by atoms with Crippen LogP contribution in [0.2, 0.25) is 5.02 Å². The molecule has 0 fully saturated rings. The number of nitrogens with one attached hydrogen (secondary N) is 2. The van der Waals surface area contributed by atoms with E-state index in [0.717, 1.165) is 11.1 Å². The Bertz CT molecular complexity index is 669. The molecule has 0 aliphatic heterocycles. The van der Waals surface area contributed by atoms with Gasteiger partial charge in [-0.05, 0) is 30.7 Å². The molecule has 0 unspecified atom stereocenters. The van der Waals surface area contributed by atoms with Crippen LogP contribution in [-0.2, 0) is 16.0 Å². The third kappa shape index (κ3) is 5.22. The molecule has 0 saturated heterocycles. The van der Waals surface area contributed by atoms with Crippen molar-refractivity contribution in [1.82, 2.24) is 5.32 Å². The number of aryl methyl sites for hydroxylation is 1. The molecule has 2 N–H and O–H groups in total. The number of hydrogen-bond donors (Lipinski definition) is 2. The summed E-state index contributed by atoms with van der Waals surface area (Å²) in [6, 6.07) is 14.6. The lowest BCUT2D eigenvalue weighted by Crippen LogP contribution is -2.33. The second-order valence-corrected chi connectivity index (χ2v) is 5.43. The Hall–Kier alpha value is -2.33. The highest BCUT2D eigenvalue weighted by atomic mass is 35.5. The molecule has 5 heteroatoms. The average molecular weight is 317 g/mol. The molecule has 22 heavy (non-hydrogen) atoms. The molecule has 2 aromatic carbocycles. The molecule has 0 saturated carbocycles.